The lowest BCUT2D eigenvalue weighted by atomic mass is 10.0. The average molecular weight is 408 g/mol. The molecule has 29 heavy (non-hydrogen) atoms. The highest BCUT2D eigenvalue weighted by Gasteiger charge is 2.03. The van der Waals surface area contributed by atoms with Gasteiger partial charge in [-0.2, -0.15) is 0 Å². The molecule has 0 aromatic rings. The number of primary amides is 1. The zero-order valence-corrected chi connectivity index (χ0v) is 20.1. The van der Waals surface area contributed by atoms with Crippen molar-refractivity contribution in [1.29, 1.82) is 0 Å². The molecular weight excluding hydrogens is 354 g/mol. The van der Waals surface area contributed by atoms with Crippen molar-refractivity contribution in [3.8, 4) is 0 Å². The minimum atomic E-state index is -0.232. The van der Waals surface area contributed by atoms with E-state index in [2.05, 4.69) is 13.8 Å². The first-order chi connectivity index (χ1) is 14.2. The van der Waals surface area contributed by atoms with Gasteiger partial charge in [-0.15, -0.1) is 0 Å². The van der Waals surface area contributed by atoms with Gasteiger partial charge in [0, 0.05) is 5.57 Å². The first-order valence-electron chi connectivity index (χ1n) is 13.2. The minimum Gasteiger partial charge on any atom is -0.366 e. The highest BCUT2D eigenvalue weighted by atomic mass is 16.1. The maximum atomic E-state index is 11.3. The molecular formula is C27H53NO. The molecule has 2 N–H and O–H groups in total. The summed E-state index contributed by atoms with van der Waals surface area (Å²) in [5.41, 5.74) is 6.23. The SMILES string of the molecule is CCC=C(CCCCCCCCCCCCCCCCCCCCCC)C(N)=O. The van der Waals surface area contributed by atoms with Crippen molar-refractivity contribution >= 4 is 5.91 Å². The lowest BCUT2D eigenvalue weighted by Crippen LogP contribution is -2.13. The summed E-state index contributed by atoms with van der Waals surface area (Å²) < 4.78 is 0. The van der Waals surface area contributed by atoms with Crippen LogP contribution in [0, 0.1) is 0 Å². The van der Waals surface area contributed by atoms with Gasteiger partial charge >= 0.3 is 0 Å². The Labute approximate surface area is 183 Å². The Hall–Kier alpha value is -0.790. The van der Waals surface area contributed by atoms with Gasteiger partial charge in [-0.25, -0.2) is 0 Å². The van der Waals surface area contributed by atoms with Gasteiger partial charge in [-0.05, 0) is 19.3 Å². The van der Waals surface area contributed by atoms with Gasteiger partial charge in [-0.1, -0.05) is 142 Å². The third kappa shape index (κ3) is 21.7. The second-order valence-corrected chi connectivity index (χ2v) is 8.97. The summed E-state index contributed by atoms with van der Waals surface area (Å²) in [6, 6.07) is 0. The van der Waals surface area contributed by atoms with Crippen LogP contribution >= 0.6 is 0 Å². The Kier molecular flexibility index (Phi) is 22.8. The molecule has 2 nitrogen and oxygen atoms in total. The molecule has 0 atom stereocenters. The number of allylic oxidation sites excluding steroid dienone is 1. The molecule has 0 unspecified atom stereocenters. The van der Waals surface area contributed by atoms with Crippen LogP contribution in [0.15, 0.2) is 11.6 Å². The number of carbonyl (C=O) groups is 1. The maximum Gasteiger partial charge on any atom is 0.244 e. The molecule has 0 fully saturated rings. The topological polar surface area (TPSA) is 43.1 Å². The molecule has 2 heteroatoms. The van der Waals surface area contributed by atoms with Gasteiger partial charge in [0.15, 0.2) is 0 Å². The number of rotatable bonds is 23. The van der Waals surface area contributed by atoms with Crippen LogP contribution in [0.4, 0.5) is 0 Å². The number of amides is 1. The number of carbonyl (C=O) groups excluding carboxylic acids is 1. The Morgan fingerprint density at radius 3 is 1.14 bits per heavy atom. The summed E-state index contributed by atoms with van der Waals surface area (Å²) in [6.07, 6.45) is 31.7. The Morgan fingerprint density at radius 1 is 0.552 bits per heavy atom. The van der Waals surface area contributed by atoms with Crippen LogP contribution < -0.4 is 5.73 Å². The highest BCUT2D eigenvalue weighted by molar-refractivity contribution is 5.91. The number of hydrogen-bond donors (Lipinski definition) is 1. The molecule has 0 saturated heterocycles. The van der Waals surface area contributed by atoms with E-state index in [0.717, 1.165) is 24.8 Å². The van der Waals surface area contributed by atoms with Gasteiger partial charge in [0.25, 0.3) is 0 Å². The van der Waals surface area contributed by atoms with Crippen LogP contribution in [0.25, 0.3) is 0 Å². The summed E-state index contributed by atoms with van der Waals surface area (Å²) in [5, 5.41) is 0. The molecule has 1 amide bonds. The molecule has 0 aliphatic heterocycles. The van der Waals surface area contributed by atoms with Crippen LogP contribution in [0.3, 0.4) is 0 Å². The fourth-order valence-electron chi connectivity index (χ4n) is 4.14. The smallest absolute Gasteiger partial charge is 0.244 e. The van der Waals surface area contributed by atoms with Crippen molar-refractivity contribution in [3.05, 3.63) is 11.6 Å². The summed E-state index contributed by atoms with van der Waals surface area (Å²) in [5.74, 6) is -0.232. The predicted octanol–water partition coefficient (Wildman–Crippen LogP) is 9.02. The third-order valence-corrected chi connectivity index (χ3v) is 6.07. The molecule has 0 saturated carbocycles. The second-order valence-electron chi connectivity index (χ2n) is 8.97. The molecule has 0 rings (SSSR count). The van der Waals surface area contributed by atoms with Crippen LogP contribution in [-0.4, -0.2) is 5.91 Å². The lowest BCUT2D eigenvalue weighted by molar-refractivity contribution is -0.114. The fourth-order valence-corrected chi connectivity index (χ4v) is 4.14. The van der Waals surface area contributed by atoms with E-state index in [4.69, 9.17) is 5.73 Å². The first kappa shape index (κ1) is 28.2. The van der Waals surface area contributed by atoms with Crippen molar-refractivity contribution in [2.24, 2.45) is 5.73 Å². The standard InChI is InChI=1S/C27H53NO/c1-3-5-6-7-8-9-10-11-12-13-14-15-16-17-18-19-20-21-22-23-25-26(24-4-2)27(28)29/h24H,3-23,25H2,1-2H3,(H2,28,29). The van der Waals surface area contributed by atoms with Crippen LogP contribution in [-0.2, 0) is 4.79 Å². The minimum absolute atomic E-state index is 0.232. The van der Waals surface area contributed by atoms with Gasteiger partial charge in [0.05, 0.1) is 0 Å². The molecule has 0 heterocycles. The Balaban J connectivity index is 3.17. The van der Waals surface area contributed by atoms with Crippen molar-refractivity contribution in [3.63, 3.8) is 0 Å². The molecule has 172 valence electrons. The van der Waals surface area contributed by atoms with E-state index < -0.39 is 0 Å². The van der Waals surface area contributed by atoms with Gasteiger partial charge in [0.1, 0.15) is 0 Å². The van der Waals surface area contributed by atoms with Crippen LogP contribution in [0.1, 0.15) is 155 Å². The van der Waals surface area contributed by atoms with E-state index in [-0.39, 0.29) is 5.91 Å². The molecule has 0 aromatic heterocycles. The van der Waals surface area contributed by atoms with Crippen molar-refractivity contribution in [1.82, 2.24) is 0 Å². The summed E-state index contributed by atoms with van der Waals surface area (Å²) in [6.45, 7) is 4.35. The van der Waals surface area contributed by atoms with E-state index >= 15 is 0 Å². The lowest BCUT2D eigenvalue weighted by Gasteiger charge is -2.05. The van der Waals surface area contributed by atoms with E-state index in [0.29, 0.717) is 0 Å². The normalized spacial score (nSPS) is 11.9. The summed E-state index contributed by atoms with van der Waals surface area (Å²) in [4.78, 5) is 11.3. The van der Waals surface area contributed by atoms with Gasteiger partial charge < -0.3 is 5.73 Å². The zero-order chi connectivity index (χ0) is 21.4. The molecule has 0 aromatic carbocycles. The number of nitrogens with two attached hydrogens (primary N) is 1. The third-order valence-electron chi connectivity index (χ3n) is 6.07. The second kappa shape index (κ2) is 23.5. The summed E-state index contributed by atoms with van der Waals surface area (Å²) >= 11 is 0. The van der Waals surface area contributed by atoms with E-state index in [1.807, 2.05) is 6.08 Å². The quantitative estimate of drug-likeness (QED) is 0.133. The maximum absolute atomic E-state index is 11.3. The molecule has 0 aliphatic rings. The zero-order valence-electron chi connectivity index (χ0n) is 20.1. The first-order valence-corrected chi connectivity index (χ1v) is 13.2. The van der Waals surface area contributed by atoms with Crippen molar-refractivity contribution < 1.29 is 4.79 Å². The molecule has 0 radical (unpaired) electrons. The van der Waals surface area contributed by atoms with Crippen LogP contribution in [0.2, 0.25) is 0 Å². The monoisotopic (exact) mass is 407 g/mol. The van der Waals surface area contributed by atoms with Crippen molar-refractivity contribution in [2.45, 2.75) is 155 Å². The van der Waals surface area contributed by atoms with Crippen LogP contribution in [0.5, 0.6) is 0 Å². The van der Waals surface area contributed by atoms with E-state index in [1.165, 1.54) is 122 Å². The molecule has 0 bridgehead atoms. The largest absolute Gasteiger partial charge is 0.366 e. The highest BCUT2D eigenvalue weighted by Crippen LogP contribution is 2.16. The summed E-state index contributed by atoms with van der Waals surface area (Å²) in [7, 11) is 0. The van der Waals surface area contributed by atoms with Crippen molar-refractivity contribution in [2.75, 3.05) is 0 Å². The Bertz CT molecular complexity index is 375. The molecule has 0 spiro atoms. The predicted molar refractivity (Wildman–Crippen MR) is 130 cm³/mol. The number of unbranched alkanes of at least 4 members (excludes halogenated alkanes) is 19. The van der Waals surface area contributed by atoms with Gasteiger partial charge in [0.2, 0.25) is 5.91 Å². The average Bonchev–Trinajstić information content (AvgIpc) is 2.71. The van der Waals surface area contributed by atoms with Gasteiger partial charge in [-0.3, -0.25) is 4.79 Å². The number of hydrogen-bond acceptors (Lipinski definition) is 1. The van der Waals surface area contributed by atoms with E-state index in [1.54, 1.807) is 0 Å². The molecule has 0 aliphatic carbocycles. The Morgan fingerprint density at radius 2 is 0.862 bits per heavy atom. The van der Waals surface area contributed by atoms with E-state index in [9.17, 15) is 4.79 Å². The fraction of sp³-hybridized carbons (Fsp3) is 0.889.